The van der Waals surface area contributed by atoms with Crippen molar-refractivity contribution >= 4 is 8.32 Å². The number of nitriles is 1. The highest BCUT2D eigenvalue weighted by atomic mass is 28.4. The molecule has 1 aromatic rings. The highest BCUT2D eigenvalue weighted by molar-refractivity contribution is 6.69. The van der Waals surface area contributed by atoms with Crippen LogP contribution in [-0.2, 0) is 10.8 Å². The van der Waals surface area contributed by atoms with E-state index in [1.165, 1.54) is 11.1 Å². The summed E-state index contributed by atoms with van der Waals surface area (Å²) in [5.41, 5.74) is 2.43. The summed E-state index contributed by atoms with van der Waals surface area (Å²) in [7, 11) is -1.64. The monoisotopic (exact) mass is 233 g/mol. The third-order valence-electron chi connectivity index (χ3n) is 2.31. The van der Waals surface area contributed by atoms with Crippen molar-refractivity contribution < 1.29 is 4.43 Å². The van der Waals surface area contributed by atoms with Gasteiger partial charge in [-0.25, -0.2) is 0 Å². The first-order valence-electron chi connectivity index (χ1n) is 5.54. The molecule has 0 unspecified atom stereocenters. The maximum Gasteiger partial charge on any atom is 0.185 e. The van der Waals surface area contributed by atoms with E-state index in [2.05, 4.69) is 44.8 Å². The molecule has 2 nitrogen and oxygen atoms in total. The number of nitrogens with zero attached hydrogens (tertiary/aromatic N) is 1. The van der Waals surface area contributed by atoms with Crippen LogP contribution in [0.15, 0.2) is 24.3 Å². The summed E-state index contributed by atoms with van der Waals surface area (Å²) in [6.07, 6.45) is 0.376. The number of rotatable bonds is 4. The van der Waals surface area contributed by atoms with Crippen LogP contribution >= 0.6 is 0 Å². The van der Waals surface area contributed by atoms with Crippen molar-refractivity contribution in [3.63, 3.8) is 0 Å². The van der Waals surface area contributed by atoms with Crippen molar-refractivity contribution in [2.45, 2.75) is 39.1 Å². The minimum Gasteiger partial charge on any atom is -0.402 e. The molecule has 0 spiro atoms. The first kappa shape index (κ1) is 13.0. The Morgan fingerprint density at radius 3 is 2.44 bits per heavy atom. The molecule has 0 aliphatic heterocycles. The average molecular weight is 233 g/mol. The van der Waals surface area contributed by atoms with Crippen LogP contribution in [0.25, 0.3) is 0 Å². The lowest BCUT2D eigenvalue weighted by Crippen LogP contribution is -2.32. The van der Waals surface area contributed by atoms with E-state index in [-0.39, 0.29) is 6.10 Å². The summed E-state index contributed by atoms with van der Waals surface area (Å²) >= 11 is 0. The maximum atomic E-state index is 9.09. The molecule has 0 aromatic heterocycles. The van der Waals surface area contributed by atoms with Gasteiger partial charge in [0.15, 0.2) is 8.32 Å². The zero-order valence-electron chi connectivity index (χ0n) is 10.4. The number of hydrogen-bond acceptors (Lipinski definition) is 2. The number of benzene rings is 1. The van der Waals surface area contributed by atoms with Crippen LogP contribution in [0.1, 0.15) is 11.1 Å². The minimum atomic E-state index is -1.64. The molecule has 0 saturated carbocycles. The SMILES string of the molecule is Cc1ccccc1C[C@H](C#N)O[Si](C)(C)C. The summed E-state index contributed by atoms with van der Waals surface area (Å²) in [5.74, 6) is 0. The molecule has 0 heterocycles. The van der Waals surface area contributed by atoms with Gasteiger partial charge in [0.25, 0.3) is 0 Å². The first-order chi connectivity index (χ1) is 7.42. The number of aryl methyl sites for hydroxylation is 1. The molecule has 1 atom stereocenters. The first-order valence-corrected chi connectivity index (χ1v) is 8.95. The van der Waals surface area contributed by atoms with Gasteiger partial charge in [-0.1, -0.05) is 24.3 Å². The van der Waals surface area contributed by atoms with Crippen LogP contribution in [0.5, 0.6) is 0 Å². The molecule has 0 aliphatic carbocycles. The van der Waals surface area contributed by atoms with Gasteiger partial charge in [-0.05, 0) is 37.7 Å². The third kappa shape index (κ3) is 4.17. The molecule has 0 saturated heterocycles. The highest BCUT2D eigenvalue weighted by Gasteiger charge is 2.21. The normalized spacial score (nSPS) is 13.2. The molecule has 16 heavy (non-hydrogen) atoms. The Hall–Kier alpha value is -1.11. The Morgan fingerprint density at radius 2 is 1.94 bits per heavy atom. The third-order valence-corrected chi connectivity index (χ3v) is 3.30. The van der Waals surface area contributed by atoms with Gasteiger partial charge in [0.05, 0.1) is 6.07 Å². The molecule has 0 radical (unpaired) electrons. The lowest BCUT2D eigenvalue weighted by atomic mass is 10.0. The lowest BCUT2D eigenvalue weighted by molar-refractivity contribution is 0.249. The van der Waals surface area contributed by atoms with Crippen LogP contribution in [0, 0.1) is 18.3 Å². The van der Waals surface area contributed by atoms with Crippen LogP contribution in [0.2, 0.25) is 19.6 Å². The Labute approximate surface area is 99.0 Å². The van der Waals surface area contributed by atoms with E-state index in [4.69, 9.17) is 9.69 Å². The van der Waals surface area contributed by atoms with Crippen LogP contribution in [0.3, 0.4) is 0 Å². The molecular formula is C13H19NOSi. The van der Waals surface area contributed by atoms with Crippen molar-refractivity contribution in [1.29, 1.82) is 5.26 Å². The Kier molecular flexibility index (Phi) is 4.28. The van der Waals surface area contributed by atoms with E-state index in [1.54, 1.807) is 0 Å². The zero-order chi connectivity index (χ0) is 12.2. The maximum absolute atomic E-state index is 9.09. The van der Waals surface area contributed by atoms with E-state index in [1.807, 2.05) is 12.1 Å². The van der Waals surface area contributed by atoms with Gasteiger partial charge in [0, 0.05) is 6.42 Å². The van der Waals surface area contributed by atoms with Gasteiger partial charge in [0.2, 0.25) is 0 Å². The number of hydrogen-bond donors (Lipinski definition) is 0. The fourth-order valence-corrected chi connectivity index (χ4v) is 2.57. The zero-order valence-corrected chi connectivity index (χ0v) is 11.4. The predicted octanol–water partition coefficient (Wildman–Crippen LogP) is 3.28. The summed E-state index contributed by atoms with van der Waals surface area (Å²) < 4.78 is 5.82. The molecular weight excluding hydrogens is 214 g/mol. The summed E-state index contributed by atoms with van der Waals surface area (Å²) in [4.78, 5) is 0. The largest absolute Gasteiger partial charge is 0.402 e. The topological polar surface area (TPSA) is 33.0 Å². The quantitative estimate of drug-likeness (QED) is 0.748. The van der Waals surface area contributed by atoms with E-state index >= 15 is 0 Å². The Balaban J connectivity index is 2.72. The van der Waals surface area contributed by atoms with E-state index in [0.717, 1.165) is 0 Å². The van der Waals surface area contributed by atoms with Gasteiger partial charge < -0.3 is 4.43 Å². The second-order valence-corrected chi connectivity index (χ2v) is 9.44. The molecule has 1 aromatic carbocycles. The fourth-order valence-electron chi connectivity index (χ4n) is 1.58. The molecule has 0 amide bonds. The van der Waals surface area contributed by atoms with Crippen molar-refractivity contribution in [3.05, 3.63) is 35.4 Å². The molecule has 1 rings (SSSR count). The summed E-state index contributed by atoms with van der Waals surface area (Å²) in [5, 5.41) is 9.09. The molecule has 0 N–H and O–H groups in total. The predicted molar refractivity (Wildman–Crippen MR) is 68.7 cm³/mol. The summed E-state index contributed by atoms with van der Waals surface area (Å²) in [6.45, 7) is 8.39. The molecule has 0 bridgehead atoms. The average Bonchev–Trinajstić information content (AvgIpc) is 2.18. The molecule has 3 heteroatoms. The van der Waals surface area contributed by atoms with Crippen LogP contribution in [-0.4, -0.2) is 14.4 Å². The molecule has 86 valence electrons. The van der Waals surface area contributed by atoms with Crippen molar-refractivity contribution in [3.8, 4) is 6.07 Å². The van der Waals surface area contributed by atoms with Gasteiger partial charge in [-0.2, -0.15) is 5.26 Å². The molecule has 0 aliphatic rings. The van der Waals surface area contributed by atoms with Crippen molar-refractivity contribution in [1.82, 2.24) is 0 Å². The van der Waals surface area contributed by atoms with Crippen LogP contribution < -0.4 is 0 Å². The lowest BCUT2D eigenvalue weighted by Gasteiger charge is -2.22. The fraction of sp³-hybridized carbons (Fsp3) is 0.462. The van der Waals surface area contributed by atoms with Crippen LogP contribution in [0.4, 0.5) is 0 Å². The van der Waals surface area contributed by atoms with Gasteiger partial charge in [-0.3, -0.25) is 0 Å². The Morgan fingerprint density at radius 1 is 1.31 bits per heavy atom. The van der Waals surface area contributed by atoms with E-state index < -0.39 is 8.32 Å². The minimum absolute atomic E-state index is 0.312. The molecule has 0 fully saturated rings. The van der Waals surface area contributed by atoms with Gasteiger partial charge in [0.1, 0.15) is 6.10 Å². The van der Waals surface area contributed by atoms with E-state index in [9.17, 15) is 0 Å². The van der Waals surface area contributed by atoms with Crippen molar-refractivity contribution in [2.75, 3.05) is 0 Å². The standard InChI is InChI=1S/C13H19NOSi/c1-11-7-5-6-8-12(11)9-13(10-14)15-16(2,3)4/h5-8,13H,9H2,1-4H3/t13-/m1/s1. The van der Waals surface area contributed by atoms with Crippen molar-refractivity contribution in [2.24, 2.45) is 0 Å². The van der Waals surface area contributed by atoms with Gasteiger partial charge >= 0.3 is 0 Å². The highest BCUT2D eigenvalue weighted by Crippen LogP contribution is 2.14. The summed E-state index contributed by atoms with van der Waals surface area (Å²) in [6, 6.07) is 10.4. The van der Waals surface area contributed by atoms with Gasteiger partial charge in [-0.15, -0.1) is 0 Å². The second-order valence-electron chi connectivity index (χ2n) is 4.98. The smallest absolute Gasteiger partial charge is 0.185 e. The van der Waals surface area contributed by atoms with E-state index in [0.29, 0.717) is 6.42 Å². The second kappa shape index (κ2) is 5.29. The Bertz CT molecular complexity index is 390.